The number of carbonyl (C=O) groups is 1. The highest BCUT2D eigenvalue weighted by molar-refractivity contribution is 5.79. The van der Waals surface area contributed by atoms with Crippen LogP contribution in [0.4, 0.5) is 0 Å². The summed E-state index contributed by atoms with van der Waals surface area (Å²) in [6, 6.07) is 10.1. The molecular formula is C13H14O3. The molecule has 1 aromatic carbocycles. The molecule has 0 radical (unpaired) electrons. The third-order valence-corrected chi connectivity index (χ3v) is 3.44. The van der Waals surface area contributed by atoms with E-state index in [1.165, 1.54) is 5.56 Å². The maximum Gasteiger partial charge on any atom is 0.309 e. The number of carbonyl (C=O) groups excluding carboxylic acids is 1. The molecule has 1 aliphatic heterocycles. The Labute approximate surface area is 94.4 Å². The van der Waals surface area contributed by atoms with Crippen LogP contribution in [0.1, 0.15) is 5.56 Å². The summed E-state index contributed by atoms with van der Waals surface area (Å²) in [5, 5.41) is 0. The first-order chi connectivity index (χ1) is 7.86. The Morgan fingerprint density at radius 2 is 2.12 bits per heavy atom. The van der Waals surface area contributed by atoms with Gasteiger partial charge in [-0.1, -0.05) is 30.3 Å². The van der Waals surface area contributed by atoms with E-state index in [1.54, 1.807) is 0 Å². The van der Waals surface area contributed by atoms with Gasteiger partial charge in [0, 0.05) is 11.8 Å². The van der Waals surface area contributed by atoms with E-state index in [4.69, 9.17) is 9.47 Å². The first-order valence-corrected chi connectivity index (χ1v) is 5.64. The molecule has 84 valence electrons. The van der Waals surface area contributed by atoms with Crippen LogP contribution in [0.25, 0.3) is 0 Å². The molecule has 1 saturated carbocycles. The van der Waals surface area contributed by atoms with Crippen LogP contribution in [0.5, 0.6) is 0 Å². The van der Waals surface area contributed by atoms with Gasteiger partial charge in [0.25, 0.3) is 0 Å². The topological polar surface area (TPSA) is 35.5 Å². The van der Waals surface area contributed by atoms with E-state index in [0.29, 0.717) is 31.7 Å². The van der Waals surface area contributed by atoms with Crippen LogP contribution in [0.3, 0.4) is 0 Å². The summed E-state index contributed by atoms with van der Waals surface area (Å²) in [4.78, 5) is 11.2. The van der Waals surface area contributed by atoms with Gasteiger partial charge in [0.1, 0.15) is 0 Å². The van der Waals surface area contributed by atoms with Gasteiger partial charge in [0.2, 0.25) is 0 Å². The van der Waals surface area contributed by atoms with Crippen molar-refractivity contribution in [1.82, 2.24) is 0 Å². The monoisotopic (exact) mass is 218 g/mol. The number of hydrogen-bond acceptors (Lipinski definition) is 3. The highest BCUT2D eigenvalue weighted by Crippen LogP contribution is 2.51. The Kier molecular flexibility index (Phi) is 2.40. The van der Waals surface area contributed by atoms with Gasteiger partial charge in [-0.2, -0.15) is 0 Å². The van der Waals surface area contributed by atoms with Crippen molar-refractivity contribution in [1.29, 1.82) is 0 Å². The highest BCUT2D eigenvalue weighted by Gasteiger charge is 2.60. The summed E-state index contributed by atoms with van der Waals surface area (Å²) in [7, 11) is 0. The summed E-state index contributed by atoms with van der Waals surface area (Å²) in [5.74, 6) is 0.947. The summed E-state index contributed by atoms with van der Waals surface area (Å²) in [6.45, 7) is 1.91. The van der Waals surface area contributed by atoms with Crippen molar-refractivity contribution >= 4 is 5.97 Å². The van der Waals surface area contributed by atoms with E-state index >= 15 is 0 Å². The van der Waals surface area contributed by atoms with Crippen molar-refractivity contribution in [3.63, 3.8) is 0 Å². The van der Waals surface area contributed by atoms with Gasteiger partial charge in [-0.05, 0) is 5.56 Å². The van der Waals surface area contributed by atoms with Gasteiger partial charge in [-0.3, -0.25) is 4.79 Å². The lowest BCUT2D eigenvalue weighted by molar-refractivity contribution is -0.142. The van der Waals surface area contributed by atoms with E-state index in [9.17, 15) is 4.79 Å². The standard InChI is InChI=1S/C13H14O3/c14-13-12-10(11(12)8-16-13)7-15-6-9-4-2-1-3-5-9/h1-5,10-12H,6-8H2/t10-,11+,12-/m0/s1. The zero-order valence-electron chi connectivity index (χ0n) is 8.96. The van der Waals surface area contributed by atoms with Crippen molar-refractivity contribution in [2.45, 2.75) is 6.61 Å². The molecule has 0 spiro atoms. The summed E-state index contributed by atoms with van der Waals surface area (Å²) in [6.07, 6.45) is 0. The fourth-order valence-electron chi connectivity index (χ4n) is 2.41. The Balaban J connectivity index is 1.44. The van der Waals surface area contributed by atoms with E-state index < -0.39 is 0 Å². The van der Waals surface area contributed by atoms with Gasteiger partial charge >= 0.3 is 5.97 Å². The third-order valence-electron chi connectivity index (χ3n) is 3.44. The molecule has 3 atom stereocenters. The average molecular weight is 218 g/mol. The molecule has 1 aromatic rings. The third kappa shape index (κ3) is 1.71. The molecular weight excluding hydrogens is 204 g/mol. The lowest BCUT2D eigenvalue weighted by Gasteiger charge is -2.06. The van der Waals surface area contributed by atoms with E-state index in [-0.39, 0.29) is 11.9 Å². The van der Waals surface area contributed by atoms with Crippen molar-refractivity contribution in [2.75, 3.05) is 13.2 Å². The van der Waals surface area contributed by atoms with Gasteiger partial charge in [0.15, 0.2) is 0 Å². The van der Waals surface area contributed by atoms with Crippen LogP contribution < -0.4 is 0 Å². The minimum absolute atomic E-state index is 0.0293. The molecule has 1 heterocycles. The molecule has 0 bridgehead atoms. The smallest absolute Gasteiger partial charge is 0.309 e. The molecule has 0 aromatic heterocycles. The number of ether oxygens (including phenoxy) is 2. The normalized spacial score (nSPS) is 31.0. The van der Waals surface area contributed by atoms with E-state index in [1.807, 2.05) is 30.3 Å². The molecule has 2 aliphatic rings. The number of hydrogen-bond donors (Lipinski definition) is 0. The molecule has 2 fully saturated rings. The minimum atomic E-state index is -0.0293. The number of fused-ring (bicyclic) bond motifs is 1. The van der Waals surface area contributed by atoms with Crippen molar-refractivity contribution in [3.8, 4) is 0 Å². The van der Waals surface area contributed by atoms with Crippen LogP contribution in [0.2, 0.25) is 0 Å². The van der Waals surface area contributed by atoms with E-state index in [0.717, 1.165) is 0 Å². The summed E-state index contributed by atoms with van der Waals surface area (Å²) >= 11 is 0. The predicted molar refractivity (Wildman–Crippen MR) is 57.5 cm³/mol. The Hall–Kier alpha value is -1.35. The SMILES string of the molecule is O=C1OC[C@@H]2[C@H](COCc3ccccc3)[C@H]12. The zero-order valence-corrected chi connectivity index (χ0v) is 8.96. The Morgan fingerprint density at radius 1 is 1.31 bits per heavy atom. The molecule has 3 rings (SSSR count). The number of rotatable bonds is 4. The molecule has 0 unspecified atom stereocenters. The van der Waals surface area contributed by atoms with Gasteiger partial charge < -0.3 is 9.47 Å². The lowest BCUT2D eigenvalue weighted by atomic mass is 10.2. The maximum absolute atomic E-state index is 11.2. The van der Waals surface area contributed by atoms with Crippen LogP contribution in [0.15, 0.2) is 30.3 Å². The first-order valence-electron chi connectivity index (χ1n) is 5.64. The second kappa shape index (κ2) is 3.91. The lowest BCUT2D eigenvalue weighted by Crippen LogP contribution is -2.09. The predicted octanol–water partition coefficient (Wildman–Crippen LogP) is 1.62. The molecule has 3 nitrogen and oxygen atoms in total. The van der Waals surface area contributed by atoms with Crippen LogP contribution >= 0.6 is 0 Å². The van der Waals surface area contributed by atoms with Crippen LogP contribution in [-0.4, -0.2) is 19.2 Å². The molecule has 1 aliphatic carbocycles. The van der Waals surface area contributed by atoms with Gasteiger partial charge in [-0.15, -0.1) is 0 Å². The second-order valence-corrected chi connectivity index (χ2v) is 4.48. The maximum atomic E-state index is 11.2. The van der Waals surface area contributed by atoms with Gasteiger partial charge in [-0.25, -0.2) is 0 Å². The first kappa shape index (κ1) is 9.85. The summed E-state index contributed by atoms with van der Waals surface area (Å²) < 4.78 is 10.5. The number of cyclic esters (lactones) is 1. The van der Waals surface area contributed by atoms with Crippen molar-refractivity contribution in [2.24, 2.45) is 17.8 Å². The fourth-order valence-corrected chi connectivity index (χ4v) is 2.41. The Bertz CT molecular complexity index is 387. The molecule has 0 amide bonds. The molecule has 0 N–H and O–H groups in total. The molecule has 1 saturated heterocycles. The highest BCUT2D eigenvalue weighted by atomic mass is 16.5. The van der Waals surface area contributed by atoms with Crippen molar-refractivity contribution in [3.05, 3.63) is 35.9 Å². The van der Waals surface area contributed by atoms with Gasteiger partial charge in [0.05, 0.1) is 25.7 Å². The van der Waals surface area contributed by atoms with E-state index in [2.05, 4.69) is 0 Å². The quantitative estimate of drug-likeness (QED) is 0.720. The Morgan fingerprint density at radius 3 is 2.81 bits per heavy atom. The van der Waals surface area contributed by atoms with Crippen LogP contribution in [0, 0.1) is 17.8 Å². The van der Waals surface area contributed by atoms with Crippen molar-refractivity contribution < 1.29 is 14.3 Å². The zero-order chi connectivity index (χ0) is 11.0. The summed E-state index contributed by atoms with van der Waals surface area (Å²) in [5.41, 5.74) is 1.18. The minimum Gasteiger partial charge on any atom is -0.465 e. The van der Waals surface area contributed by atoms with Crippen LogP contribution in [-0.2, 0) is 20.9 Å². The largest absolute Gasteiger partial charge is 0.465 e. The number of esters is 1. The number of benzene rings is 1. The average Bonchev–Trinajstić information content (AvgIpc) is 2.87. The molecule has 16 heavy (non-hydrogen) atoms. The fraction of sp³-hybridized carbons (Fsp3) is 0.462. The second-order valence-electron chi connectivity index (χ2n) is 4.48. The molecule has 3 heteroatoms.